The molecular weight excluding hydrogens is 218 g/mol. The van der Waals surface area contributed by atoms with Crippen molar-refractivity contribution in [2.75, 3.05) is 26.2 Å². The van der Waals surface area contributed by atoms with Crippen molar-refractivity contribution in [3.8, 4) is 0 Å². The maximum atomic E-state index is 12.0. The molecule has 0 aliphatic carbocycles. The third-order valence-electron chi connectivity index (χ3n) is 2.71. The molecule has 17 heavy (non-hydrogen) atoms. The van der Waals surface area contributed by atoms with Crippen molar-refractivity contribution in [2.24, 2.45) is 0 Å². The Kier molecular flexibility index (Phi) is 4.37. The van der Waals surface area contributed by atoms with Gasteiger partial charge < -0.3 is 15.1 Å². The zero-order valence-electron chi connectivity index (χ0n) is 11.2. The van der Waals surface area contributed by atoms with Gasteiger partial charge in [-0.3, -0.25) is 4.79 Å². The van der Waals surface area contributed by atoms with Gasteiger partial charge in [-0.2, -0.15) is 0 Å². The number of hydrogen-bond donors (Lipinski definition) is 1. The maximum Gasteiger partial charge on any atom is 0.317 e. The van der Waals surface area contributed by atoms with Crippen molar-refractivity contribution in [3.63, 3.8) is 0 Å². The van der Waals surface area contributed by atoms with Crippen molar-refractivity contribution in [2.45, 2.75) is 39.7 Å². The largest absolute Gasteiger partial charge is 0.341 e. The maximum absolute atomic E-state index is 12.0. The van der Waals surface area contributed by atoms with E-state index in [0.717, 1.165) is 13.0 Å². The van der Waals surface area contributed by atoms with E-state index in [0.29, 0.717) is 19.6 Å². The van der Waals surface area contributed by atoms with Crippen molar-refractivity contribution < 1.29 is 9.59 Å². The molecule has 0 aromatic rings. The Morgan fingerprint density at radius 1 is 1.00 bits per heavy atom. The fourth-order valence-electron chi connectivity index (χ4n) is 1.84. The fourth-order valence-corrected chi connectivity index (χ4v) is 1.84. The number of rotatable bonds is 0. The zero-order valence-corrected chi connectivity index (χ0v) is 11.2. The second-order valence-corrected chi connectivity index (χ2v) is 5.53. The number of carbonyl (C=O) groups is 2. The van der Waals surface area contributed by atoms with Gasteiger partial charge in [-0.1, -0.05) is 0 Å². The van der Waals surface area contributed by atoms with Gasteiger partial charge in [0.25, 0.3) is 0 Å². The molecule has 0 atom stereocenters. The zero-order chi connectivity index (χ0) is 13.1. The smallest absolute Gasteiger partial charge is 0.317 e. The summed E-state index contributed by atoms with van der Waals surface area (Å²) in [5.74, 6) is 0.0862. The highest BCUT2D eigenvalue weighted by Crippen LogP contribution is 2.06. The molecule has 1 fully saturated rings. The Bertz CT molecular complexity index is 297. The molecule has 0 aromatic heterocycles. The molecule has 0 spiro atoms. The number of nitrogens with zero attached hydrogens (tertiary/aromatic N) is 2. The molecule has 0 unspecified atom stereocenters. The summed E-state index contributed by atoms with van der Waals surface area (Å²) in [5.41, 5.74) is -0.219. The minimum absolute atomic E-state index is 0.0390. The highest BCUT2D eigenvalue weighted by Gasteiger charge is 2.22. The molecule has 0 radical (unpaired) electrons. The summed E-state index contributed by atoms with van der Waals surface area (Å²) in [5, 5.41) is 2.94. The highest BCUT2D eigenvalue weighted by atomic mass is 16.2. The Labute approximate surface area is 103 Å². The summed E-state index contributed by atoms with van der Waals surface area (Å²) in [6, 6.07) is -0.0390. The van der Waals surface area contributed by atoms with Crippen LogP contribution in [0.3, 0.4) is 0 Å². The Hall–Kier alpha value is -1.26. The first-order chi connectivity index (χ1) is 7.79. The van der Waals surface area contributed by atoms with E-state index in [9.17, 15) is 9.59 Å². The molecule has 0 saturated carbocycles. The Balaban J connectivity index is 2.51. The lowest BCUT2D eigenvalue weighted by atomic mass is 10.1. The Morgan fingerprint density at radius 3 is 2.06 bits per heavy atom. The van der Waals surface area contributed by atoms with Crippen LogP contribution in [0.5, 0.6) is 0 Å². The average Bonchev–Trinajstić information content (AvgIpc) is 2.39. The lowest BCUT2D eigenvalue weighted by Gasteiger charge is -2.27. The van der Waals surface area contributed by atoms with Crippen LogP contribution in [0.15, 0.2) is 0 Å². The van der Waals surface area contributed by atoms with Crippen LogP contribution < -0.4 is 5.32 Å². The van der Waals surface area contributed by atoms with Crippen LogP contribution in [0.25, 0.3) is 0 Å². The topological polar surface area (TPSA) is 52.7 Å². The molecule has 1 N–H and O–H groups in total. The van der Waals surface area contributed by atoms with Crippen LogP contribution in [0, 0.1) is 0 Å². The van der Waals surface area contributed by atoms with E-state index in [2.05, 4.69) is 5.32 Å². The number of amides is 3. The van der Waals surface area contributed by atoms with Crippen LogP contribution in [0.1, 0.15) is 34.1 Å². The summed E-state index contributed by atoms with van der Waals surface area (Å²) < 4.78 is 0. The third-order valence-corrected chi connectivity index (χ3v) is 2.71. The molecule has 1 heterocycles. The van der Waals surface area contributed by atoms with Crippen molar-refractivity contribution in [1.29, 1.82) is 0 Å². The van der Waals surface area contributed by atoms with Gasteiger partial charge in [-0.05, 0) is 27.2 Å². The normalized spacial score (nSPS) is 17.6. The first kappa shape index (κ1) is 13.8. The van der Waals surface area contributed by atoms with Crippen LogP contribution >= 0.6 is 0 Å². The van der Waals surface area contributed by atoms with Crippen LogP contribution in [-0.4, -0.2) is 53.5 Å². The Morgan fingerprint density at radius 2 is 1.53 bits per heavy atom. The van der Waals surface area contributed by atoms with Crippen molar-refractivity contribution >= 4 is 11.9 Å². The molecule has 1 rings (SSSR count). The number of carbonyl (C=O) groups excluding carboxylic acids is 2. The quantitative estimate of drug-likeness (QED) is 0.689. The number of nitrogens with one attached hydrogen (secondary N) is 1. The first-order valence-corrected chi connectivity index (χ1v) is 6.12. The van der Waals surface area contributed by atoms with Gasteiger partial charge in [0.1, 0.15) is 0 Å². The van der Waals surface area contributed by atoms with E-state index in [4.69, 9.17) is 0 Å². The predicted octanol–water partition coefficient (Wildman–Crippen LogP) is 1.05. The minimum Gasteiger partial charge on any atom is -0.341 e. The molecule has 98 valence electrons. The van der Waals surface area contributed by atoms with Crippen LogP contribution in [-0.2, 0) is 4.79 Å². The summed E-state index contributed by atoms with van der Waals surface area (Å²) in [6.45, 7) is 10.2. The molecule has 1 aliphatic rings. The molecule has 3 amide bonds. The van der Waals surface area contributed by atoms with Crippen LogP contribution in [0.4, 0.5) is 4.79 Å². The minimum atomic E-state index is -0.219. The molecular formula is C12H23N3O2. The van der Waals surface area contributed by atoms with E-state index >= 15 is 0 Å². The molecule has 1 aliphatic heterocycles. The van der Waals surface area contributed by atoms with E-state index < -0.39 is 0 Å². The summed E-state index contributed by atoms with van der Waals surface area (Å²) in [4.78, 5) is 26.8. The van der Waals surface area contributed by atoms with Gasteiger partial charge >= 0.3 is 6.03 Å². The van der Waals surface area contributed by atoms with Gasteiger partial charge in [0.2, 0.25) is 5.91 Å². The lowest BCUT2D eigenvalue weighted by molar-refractivity contribution is -0.128. The second-order valence-electron chi connectivity index (χ2n) is 5.53. The van der Waals surface area contributed by atoms with Gasteiger partial charge in [-0.25, -0.2) is 4.79 Å². The first-order valence-electron chi connectivity index (χ1n) is 6.12. The summed E-state index contributed by atoms with van der Waals surface area (Å²) >= 11 is 0. The second kappa shape index (κ2) is 5.38. The molecule has 0 aromatic carbocycles. The van der Waals surface area contributed by atoms with Crippen molar-refractivity contribution in [3.05, 3.63) is 0 Å². The highest BCUT2D eigenvalue weighted by molar-refractivity contribution is 5.76. The van der Waals surface area contributed by atoms with Crippen molar-refractivity contribution in [1.82, 2.24) is 15.1 Å². The predicted molar refractivity (Wildman–Crippen MR) is 66.7 cm³/mol. The molecule has 0 bridgehead atoms. The number of hydrogen-bond acceptors (Lipinski definition) is 2. The molecule has 1 saturated heterocycles. The van der Waals surface area contributed by atoms with Gasteiger partial charge in [0, 0.05) is 38.6 Å². The summed E-state index contributed by atoms with van der Waals surface area (Å²) in [7, 11) is 0. The van der Waals surface area contributed by atoms with Crippen LogP contribution in [0.2, 0.25) is 0 Å². The SMILES string of the molecule is CC(=O)N1CCCN(C(=O)NC(C)(C)C)CC1. The van der Waals surface area contributed by atoms with Gasteiger partial charge in [-0.15, -0.1) is 0 Å². The fraction of sp³-hybridized carbons (Fsp3) is 0.833. The van der Waals surface area contributed by atoms with E-state index in [1.54, 1.807) is 16.7 Å². The van der Waals surface area contributed by atoms with E-state index in [-0.39, 0.29) is 17.5 Å². The lowest BCUT2D eigenvalue weighted by Crippen LogP contribution is -2.49. The number of urea groups is 1. The van der Waals surface area contributed by atoms with E-state index in [1.807, 2.05) is 20.8 Å². The molecule has 5 nitrogen and oxygen atoms in total. The third kappa shape index (κ3) is 4.63. The summed E-state index contributed by atoms with van der Waals surface area (Å²) in [6.07, 6.45) is 0.844. The average molecular weight is 241 g/mol. The van der Waals surface area contributed by atoms with Gasteiger partial charge in [0.15, 0.2) is 0 Å². The molecule has 5 heteroatoms. The van der Waals surface area contributed by atoms with Gasteiger partial charge in [0.05, 0.1) is 0 Å². The monoisotopic (exact) mass is 241 g/mol. The van der Waals surface area contributed by atoms with E-state index in [1.165, 1.54) is 0 Å². The standard InChI is InChI=1S/C12H23N3O2/c1-10(16)14-6-5-7-15(9-8-14)11(17)13-12(2,3)4/h5-9H2,1-4H3,(H,13,17).